The van der Waals surface area contributed by atoms with E-state index in [-0.39, 0.29) is 6.42 Å². The minimum Gasteiger partial charge on any atom is -0.399 e. The quantitative estimate of drug-likeness (QED) is 0.655. The lowest BCUT2D eigenvalue weighted by atomic mass is 10.1. The molecule has 0 amide bonds. The van der Waals surface area contributed by atoms with Crippen molar-refractivity contribution in [3.05, 3.63) is 59.7 Å². The van der Waals surface area contributed by atoms with Gasteiger partial charge in [-0.1, -0.05) is 12.1 Å². The Morgan fingerprint density at radius 2 is 2.00 bits per heavy atom. The molecule has 0 radical (unpaired) electrons. The maximum Gasteiger partial charge on any atom is 0.336 e. The Hall–Kier alpha value is -3.00. The van der Waals surface area contributed by atoms with Crippen molar-refractivity contribution in [1.82, 2.24) is 0 Å². The molecule has 0 spiro atoms. The number of benzene rings is 2. The predicted octanol–water partition coefficient (Wildman–Crippen LogP) is 2.25. The third kappa shape index (κ3) is 3.75. The smallest absolute Gasteiger partial charge is 0.336 e. The Kier molecular flexibility index (Phi) is 4.20. The molecule has 2 aromatic carbocycles. The van der Waals surface area contributed by atoms with Crippen LogP contribution in [0.2, 0.25) is 0 Å². The molecule has 0 unspecified atom stereocenters. The molecule has 0 aliphatic heterocycles. The van der Waals surface area contributed by atoms with E-state index >= 15 is 0 Å². The van der Waals surface area contributed by atoms with E-state index in [1.54, 1.807) is 48.5 Å². The fourth-order valence-electron chi connectivity index (χ4n) is 1.63. The number of hydrogen-bond acceptors (Lipinski definition) is 5. The van der Waals surface area contributed by atoms with Crippen LogP contribution in [0.4, 0.5) is 11.4 Å². The summed E-state index contributed by atoms with van der Waals surface area (Å²) in [4.78, 5) is 16.6. The summed E-state index contributed by atoms with van der Waals surface area (Å²) in [6.45, 7) is 0. The number of nitriles is 1. The zero-order valence-electron chi connectivity index (χ0n) is 10.7. The number of anilines is 2. The van der Waals surface area contributed by atoms with E-state index < -0.39 is 5.97 Å². The Morgan fingerprint density at radius 1 is 1.25 bits per heavy atom. The Balaban J connectivity index is 1.87. The van der Waals surface area contributed by atoms with Gasteiger partial charge >= 0.3 is 5.97 Å². The van der Waals surface area contributed by atoms with Gasteiger partial charge in [0.05, 0.1) is 23.7 Å². The van der Waals surface area contributed by atoms with Crippen molar-refractivity contribution in [1.29, 1.82) is 5.26 Å². The summed E-state index contributed by atoms with van der Waals surface area (Å²) in [6, 6.07) is 15.7. The Morgan fingerprint density at radius 3 is 2.65 bits per heavy atom. The molecule has 100 valence electrons. The van der Waals surface area contributed by atoms with Gasteiger partial charge in [-0.3, -0.25) is 0 Å². The zero-order valence-corrected chi connectivity index (χ0v) is 10.7. The van der Waals surface area contributed by atoms with Gasteiger partial charge in [0.25, 0.3) is 0 Å². The van der Waals surface area contributed by atoms with Crippen LogP contribution in [0.1, 0.15) is 11.1 Å². The second kappa shape index (κ2) is 6.25. The van der Waals surface area contributed by atoms with E-state index in [2.05, 4.69) is 5.48 Å². The normalized spacial score (nSPS) is 9.55. The van der Waals surface area contributed by atoms with Crippen LogP contribution in [0.3, 0.4) is 0 Å². The van der Waals surface area contributed by atoms with Crippen LogP contribution in [0.15, 0.2) is 48.5 Å². The number of nitrogens with zero attached hydrogens (tertiary/aromatic N) is 1. The number of nitrogens with one attached hydrogen (secondary N) is 1. The van der Waals surface area contributed by atoms with Crippen molar-refractivity contribution in [2.75, 3.05) is 11.2 Å². The zero-order chi connectivity index (χ0) is 14.4. The largest absolute Gasteiger partial charge is 0.399 e. The fourth-order valence-corrected chi connectivity index (χ4v) is 1.63. The molecule has 0 saturated heterocycles. The minimum absolute atomic E-state index is 0.133. The molecular weight excluding hydrogens is 254 g/mol. The number of carbonyl (C=O) groups is 1. The highest BCUT2D eigenvalue weighted by molar-refractivity contribution is 5.73. The number of carbonyl (C=O) groups excluding carboxylic acids is 1. The van der Waals surface area contributed by atoms with Gasteiger partial charge in [-0.15, -0.1) is 0 Å². The third-order valence-electron chi connectivity index (χ3n) is 2.60. The summed E-state index contributed by atoms with van der Waals surface area (Å²) in [7, 11) is 0. The van der Waals surface area contributed by atoms with Gasteiger partial charge in [-0.25, -0.2) is 10.3 Å². The summed E-state index contributed by atoms with van der Waals surface area (Å²) in [5.74, 6) is -0.417. The van der Waals surface area contributed by atoms with E-state index in [1.807, 2.05) is 6.07 Å². The van der Waals surface area contributed by atoms with Crippen molar-refractivity contribution >= 4 is 17.3 Å². The van der Waals surface area contributed by atoms with Crippen LogP contribution in [0, 0.1) is 11.3 Å². The molecule has 3 N–H and O–H groups in total. The first-order valence-corrected chi connectivity index (χ1v) is 5.97. The van der Waals surface area contributed by atoms with E-state index in [1.165, 1.54) is 0 Å². The van der Waals surface area contributed by atoms with Gasteiger partial charge in [0.2, 0.25) is 0 Å². The van der Waals surface area contributed by atoms with Crippen LogP contribution in [-0.2, 0) is 16.1 Å². The molecule has 0 bridgehead atoms. The Bertz CT molecular complexity index is 645. The maximum atomic E-state index is 11.6. The summed E-state index contributed by atoms with van der Waals surface area (Å²) >= 11 is 0. The SMILES string of the molecule is N#Cc1ccc(NOC(=O)Cc2cccc(N)c2)cc1. The molecule has 5 heteroatoms. The molecule has 2 aromatic rings. The molecule has 5 nitrogen and oxygen atoms in total. The average molecular weight is 267 g/mol. The molecule has 0 aliphatic rings. The van der Waals surface area contributed by atoms with E-state index in [9.17, 15) is 4.79 Å². The number of hydrogen-bond donors (Lipinski definition) is 2. The molecule has 20 heavy (non-hydrogen) atoms. The van der Waals surface area contributed by atoms with Crippen molar-refractivity contribution in [2.45, 2.75) is 6.42 Å². The second-order valence-electron chi connectivity index (χ2n) is 4.19. The molecule has 2 rings (SSSR count). The van der Waals surface area contributed by atoms with Gasteiger partial charge in [0, 0.05) is 5.69 Å². The minimum atomic E-state index is -0.417. The molecule has 0 aliphatic carbocycles. The van der Waals surface area contributed by atoms with Gasteiger partial charge in [-0.05, 0) is 42.0 Å². The van der Waals surface area contributed by atoms with Crippen LogP contribution < -0.4 is 11.2 Å². The van der Waals surface area contributed by atoms with E-state index in [0.29, 0.717) is 16.9 Å². The monoisotopic (exact) mass is 267 g/mol. The molecule has 0 fully saturated rings. The van der Waals surface area contributed by atoms with E-state index in [4.69, 9.17) is 15.8 Å². The second-order valence-corrected chi connectivity index (χ2v) is 4.19. The summed E-state index contributed by atoms with van der Waals surface area (Å²) < 4.78 is 0. The number of nitrogens with two attached hydrogens (primary N) is 1. The first-order valence-electron chi connectivity index (χ1n) is 5.97. The van der Waals surface area contributed by atoms with Crippen molar-refractivity contribution in [3.8, 4) is 6.07 Å². The molecule has 0 aromatic heterocycles. The Labute approximate surface area is 116 Å². The summed E-state index contributed by atoms with van der Waals surface area (Å²) in [5.41, 5.74) is 10.7. The lowest BCUT2D eigenvalue weighted by Gasteiger charge is -2.07. The highest BCUT2D eigenvalue weighted by Crippen LogP contribution is 2.10. The number of nitrogen functional groups attached to an aromatic ring is 1. The van der Waals surface area contributed by atoms with Crippen molar-refractivity contribution in [3.63, 3.8) is 0 Å². The molecule has 0 atom stereocenters. The molecule has 0 saturated carbocycles. The third-order valence-corrected chi connectivity index (χ3v) is 2.60. The van der Waals surface area contributed by atoms with Crippen LogP contribution >= 0.6 is 0 Å². The van der Waals surface area contributed by atoms with Crippen LogP contribution in [0.5, 0.6) is 0 Å². The molecule has 0 heterocycles. The van der Waals surface area contributed by atoms with Gasteiger partial charge in [0.15, 0.2) is 0 Å². The van der Waals surface area contributed by atoms with Crippen LogP contribution in [-0.4, -0.2) is 5.97 Å². The van der Waals surface area contributed by atoms with E-state index in [0.717, 1.165) is 5.56 Å². The first-order chi connectivity index (χ1) is 9.67. The van der Waals surface area contributed by atoms with Gasteiger partial charge in [0.1, 0.15) is 0 Å². The predicted molar refractivity (Wildman–Crippen MR) is 75.4 cm³/mol. The molecular formula is C15H13N3O2. The highest BCUT2D eigenvalue weighted by atomic mass is 16.7. The summed E-state index contributed by atoms with van der Waals surface area (Å²) in [6.07, 6.45) is 0.133. The van der Waals surface area contributed by atoms with Gasteiger partial charge < -0.3 is 10.6 Å². The standard InChI is InChI=1S/C15H13N3O2/c16-10-11-4-6-14(7-5-11)18-20-15(19)9-12-2-1-3-13(17)8-12/h1-8,18H,9,17H2. The van der Waals surface area contributed by atoms with Crippen molar-refractivity contribution < 1.29 is 9.63 Å². The lowest BCUT2D eigenvalue weighted by Crippen LogP contribution is -2.13. The number of rotatable bonds is 4. The lowest BCUT2D eigenvalue weighted by molar-refractivity contribution is -0.139. The van der Waals surface area contributed by atoms with Gasteiger partial charge in [-0.2, -0.15) is 5.26 Å². The average Bonchev–Trinajstić information content (AvgIpc) is 2.46. The van der Waals surface area contributed by atoms with Crippen LogP contribution in [0.25, 0.3) is 0 Å². The maximum absolute atomic E-state index is 11.6. The summed E-state index contributed by atoms with van der Waals surface area (Å²) in [5, 5.41) is 8.67. The fraction of sp³-hybridized carbons (Fsp3) is 0.0667. The highest BCUT2D eigenvalue weighted by Gasteiger charge is 2.05. The topological polar surface area (TPSA) is 88.1 Å². The first kappa shape index (κ1) is 13.4. The van der Waals surface area contributed by atoms with Crippen molar-refractivity contribution in [2.24, 2.45) is 0 Å².